The summed E-state index contributed by atoms with van der Waals surface area (Å²) >= 11 is 11.3. The Hall–Kier alpha value is 0.250. The summed E-state index contributed by atoms with van der Waals surface area (Å²) in [6.45, 7) is 1.58. The van der Waals surface area contributed by atoms with Gasteiger partial charge in [-0.15, -0.1) is 23.2 Å². The Morgan fingerprint density at radius 3 is 2.11 bits per heavy atom. The summed E-state index contributed by atoms with van der Waals surface area (Å²) in [4.78, 5) is 10.6. The molecule has 0 radical (unpaired) electrons. The third kappa shape index (κ3) is 1.59. The maximum absolute atomic E-state index is 10.6. The summed E-state index contributed by atoms with van der Waals surface area (Å²) in [7, 11) is 0. The van der Waals surface area contributed by atoms with E-state index in [4.69, 9.17) is 23.2 Å². The first-order valence-electron chi connectivity index (χ1n) is 2.89. The number of ketones is 1. The van der Waals surface area contributed by atoms with Crippen LogP contribution in [0, 0.1) is 5.92 Å². The quantitative estimate of drug-likeness (QED) is 0.547. The number of hydrogen-bond donors (Lipinski definition) is 0. The molecule has 0 unspecified atom stereocenters. The van der Waals surface area contributed by atoms with Crippen LogP contribution in [-0.4, -0.2) is 10.1 Å². The number of rotatable bonds is 1. The van der Waals surface area contributed by atoms with Gasteiger partial charge in [-0.3, -0.25) is 4.79 Å². The molecular weight excluding hydrogens is 159 g/mol. The van der Waals surface area contributed by atoms with E-state index in [1.165, 1.54) is 0 Å². The third-order valence-corrected chi connectivity index (χ3v) is 2.28. The highest BCUT2D eigenvalue weighted by Gasteiger charge is 2.43. The minimum atomic E-state index is -0.601. The molecule has 0 spiro atoms. The number of carbonyl (C=O) groups excluding carboxylic acids is 1. The van der Waals surface area contributed by atoms with E-state index in [-0.39, 0.29) is 11.7 Å². The normalized spacial score (nSPS) is 25.2. The highest BCUT2D eigenvalue weighted by molar-refractivity contribution is 6.49. The summed E-state index contributed by atoms with van der Waals surface area (Å²) in [5.74, 6) is 0.326. The molecule has 1 aliphatic rings. The number of alkyl halides is 2. The average Bonchev–Trinajstić information content (AvgIpc) is 1.59. The van der Waals surface area contributed by atoms with Gasteiger partial charge in [0.25, 0.3) is 0 Å². The van der Waals surface area contributed by atoms with E-state index in [0.717, 1.165) is 0 Å². The molecule has 0 aromatic heterocycles. The zero-order chi connectivity index (χ0) is 7.07. The summed E-state index contributed by atoms with van der Waals surface area (Å²) < 4.78 is -0.601. The number of Topliss-reactive ketones (excluding diaryl/α,β-unsaturated/α-hetero) is 1. The highest BCUT2D eigenvalue weighted by atomic mass is 35.5. The van der Waals surface area contributed by atoms with E-state index >= 15 is 0 Å². The molecule has 0 heterocycles. The van der Waals surface area contributed by atoms with Gasteiger partial charge in [0.2, 0.25) is 0 Å². The van der Waals surface area contributed by atoms with Crippen molar-refractivity contribution in [3.05, 3.63) is 0 Å². The molecule has 1 nitrogen and oxygen atoms in total. The topological polar surface area (TPSA) is 17.1 Å². The van der Waals surface area contributed by atoms with E-state index in [1.807, 2.05) is 0 Å². The van der Waals surface area contributed by atoms with Crippen molar-refractivity contribution in [3.8, 4) is 0 Å². The lowest BCUT2D eigenvalue weighted by Gasteiger charge is -2.36. The molecular formula is C6H8Cl2O. The fraction of sp³-hybridized carbons (Fsp3) is 0.833. The van der Waals surface area contributed by atoms with Crippen LogP contribution in [0.5, 0.6) is 0 Å². The van der Waals surface area contributed by atoms with Crippen molar-refractivity contribution in [1.29, 1.82) is 0 Å². The molecule has 1 fully saturated rings. The molecule has 1 rings (SSSR count). The summed E-state index contributed by atoms with van der Waals surface area (Å²) in [6.07, 6.45) is 1.26. The zero-order valence-electron chi connectivity index (χ0n) is 5.16. The first kappa shape index (κ1) is 7.36. The molecule has 9 heavy (non-hydrogen) atoms. The summed E-state index contributed by atoms with van der Waals surface area (Å²) in [6, 6.07) is 0. The van der Waals surface area contributed by atoms with Crippen LogP contribution in [0.1, 0.15) is 19.8 Å². The molecule has 0 bridgehead atoms. The molecule has 0 amide bonds. The van der Waals surface area contributed by atoms with Gasteiger partial charge in [0, 0.05) is 5.92 Å². The molecule has 52 valence electrons. The van der Waals surface area contributed by atoms with Crippen molar-refractivity contribution in [1.82, 2.24) is 0 Å². The van der Waals surface area contributed by atoms with Crippen LogP contribution in [0.4, 0.5) is 0 Å². The SMILES string of the molecule is CC(=O)C1CC(Cl)(Cl)C1. The lowest BCUT2D eigenvalue weighted by Crippen LogP contribution is -2.37. The molecule has 0 N–H and O–H groups in total. The van der Waals surface area contributed by atoms with Gasteiger partial charge in [-0.2, -0.15) is 0 Å². The fourth-order valence-electron chi connectivity index (χ4n) is 0.949. The minimum Gasteiger partial charge on any atom is -0.300 e. The second-order valence-corrected chi connectivity index (χ2v) is 4.21. The van der Waals surface area contributed by atoms with Crippen molar-refractivity contribution >= 4 is 29.0 Å². The standard InChI is InChI=1S/C6H8Cl2O/c1-4(9)5-2-6(7,8)3-5/h5H,2-3H2,1H3. The van der Waals surface area contributed by atoms with Crippen LogP contribution in [-0.2, 0) is 4.79 Å². The van der Waals surface area contributed by atoms with E-state index < -0.39 is 4.33 Å². The summed E-state index contributed by atoms with van der Waals surface area (Å²) in [5, 5.41) is 0. The van der Waals surface area contributed by atoms with Gasteiger partial charge in [0.05, 0.1) is 0 Å². The monoisotopic (exact) mass is 166 g/mol. The van der Waals surface area contributed by atoms with Crippen molar-refractivity contribution in [2.75, 3.05) is 0 Å². The van der Waals surface area contributed by atoms with Gasteiger partial charge >= 0.3 is 0 Å². The molecule has 0 aromatic rings. The Bertz CT molecular complexity index is 134. The van der Waals surface area contributed by atoms with Crippen LogP contribution >= 0.6 is 23.2 Å². The Morgan fingerprint density at radius 2 is 2.00 bits per heavy atom. The molecule has 0 aliphatic heterocycles. The van der Waals surface area contributed by atoms with E-state index in [2.05, 4.69) is 0 Å². The van der Waals surface area contributed by atoms with Crippen LogP contribution in [0.3, 0.4) is 0 Å². The number of halogens is 2. The second kappa shape index (κ2) is 2.14. The van der Waals surface area contributed by atoms with Crippen molar-refractivity contribution < 1.29 is 4.79 Å². The largest absolute Gasteiger partial charge is 0.300 e. The van der Waals surface area contributed by atoms with Gasteiger partial charge in [-0.1, -0.05) is 0 Å². The minimum absolute atomic E-state index is 0.125. The molecule has 3 heteroatoms. The Kier molecular flexibility index (Phi) is 1.75. The van der Waals surface area contributed by atoms with E-state index in [0.29, 0.717) is 12.8 Å². The van der Waals surface area contributed by atoms with Gasteiger partial charge in [0.1, 0.15) is 10.1 Å². The Balaban J connectivity index is 2.35. The maximum atomic E-state index is 10.6. The lowest BCUT2D eigenvalue weighted by molar-refractivity contribution is -0.123. The first-order valence-corrected chi connectivity index (χ1v) is 3.65. The third-order valence-electron chi connectivity index (χ3n) is 1.66. The summed E-state index contributed by atoms with van der Waals surface area (Å²) in [5.41, 5.74) is 0. The fourth-order valence-corrected chi connectivity index (χ4v) is 1.69. The smallest absolute Gasteiger partial charge is 0.133 e. The molecule has 0 saturated heterocycles. The molecule has 1 saturated carbocycles. The Morgan fingerprint density at radius 1 is 1.56 bits per heavy atom. The van der Waals surface area contributed by atoms with Crippen LogP contribution in [0.2, 0.25) is 0 Å². The van der Waals surface area contributed by atoms with Gasteiger partial charge in [-0.25, -0.2) is 0 Å². The van der Waals surface area contributed by atoms with Crippen LogP contribution in [0.15, 0.2) is 0 Å². The highest BCUT2D eigenvalue weighted by Crippen LogP contribution is 2.46. The van der Waals surface area contributed by atoms with Crippen molar-refractivity contribution in [3.63, 3.8) is 0 Å². The Labute approximate surface area is 64.3 Å². The number of carbonyl (C=O) groups is 1. The molecule has 0 aromatic carbocycles. The molecule has 0 atom stereocenters. The second-order valence-electron chi connectivity index (χ2n) is 2.57. The zero-order valence-corrected chi connectivity index (χ0v) is 6.67. The molecule has 1 aliphatic carbocycles. The van der Waals surface area contributed by atoms with Crippen LogP contribution < -0.4 is 0 Å². The predicted octanol–water partition coefficient (Wildman–Crippen LogP) is 2.16. The van der Waals surface area contributed by atoms with Crippen molar-refractivity contribution in [2.24, 2.45) is 5.92 Å². The van der Waals surface area contributed by atoms with E-state index in [9.17, 15) is 4.79 Å². The predicted molar refractivity (Wildman–Crippen MR) is 37.8 cm³/mol. The maximum Gasteiger partial charge on any atom is 0.133 e. The van der Waals surface area contributed by atoms with Crippen molar-refractivity contribution in [2.45, 2.75) is 24.1 Å². The number of hydrogen-bond acceptors (Lipinski definition) is 1. The van der Waals surface area contributed by atoms with Crippen LogP contribution in [0.25, 0.3) is 0 Å². The first-order chi connectivity index (χ1) is 4.01. The van der Waals surface area contributed by atoms with Gasteiger partial charge < -0.3 is 0 Å². The average molecular weight is 167 g/mol. The van der Waals surface area contributed by atoms with Gasteiger partial charge in [0.15, 0.2) is 0 Å². The van der Waals surface area contributed by atoms with E-state index in [1.54, 1.807) is 6.92 Å². The lowest BCUT2D eigenvalue weighted by atomic mass is 9.81. The van der Waals surface area contributed by atoms with Gasteiger partial charge in [-0.05, 0) is 19.8 Å².